The Morgan fingerprint density at radius 2 is 0.500 bits per heavy atom. The second kappa shape index (κ2) is 61.2. The molecule has 0 aromatic rings. The van der Waals surface area contributed by atoms with Crippen LogP contribution < -0.4 is 0 Å². The molecule has 422 valence electrons. The molecule has 0 fully saturated rings. The number of esters is 3. The Labute approximate surface area is 448 Å². The van der Waals surface area contributed by atoms with Crippen molar-refractivity contribution in [1.29, 1.82) is 0 Å². The zero-order valence-corrected chi connectivity index (χ0v) is 48.5. The Balaban J connectivity index is 4.28. The predicted octanol–water partition coefficient (Wildman–Crippen LogP) is 21.6. The zero-order chi connectivity index (χ0) is 52.2. The summed E-state index contributed by atoms with van der Waals surface area (Å²) in [6.45, 7) is 6.67. The molecule has 0 aliphatic heterocycles. The summed E-state index contributed by atoms with van der Waals surface area (Å²) in [4.78, 5) is 38.3. The van der Waals surface area contributed by atoms with E-state index in [1.165, 1.54) is 238 Å². The van der Waals surface area contributed by atoms with Crippen LogP contribution in [-0.4, -0.2) is 37.2 Å². The number of hydrogen-bond acceptors (Lipinski definition) is 6. The van der Waals surface area contributed by atoms with Gasteiger partial charge in [-0.1, -0.05) is 288 Å². The lowest BCUT2D eigenvalue weighted by molar-refractivity contribution is -0.167. The maximum absolute atomic E-state index is 12.9. The highest BCUT2D eigenvalue weighted by molar-refractivity contribution is 5.71. The van der Waals surface area contributed by atoms with Gasteiger partial charge in [-0.2, -0.15) is 0 Å². The van der Waals surface area contributed by atoms with E-state index in [1.54, 1.807) is 0 Å². The molecular formula is C66H122O6. The minimum Gasteiger partial charge on any atom is -0.462 e. The topological polar surface area (TPSA) is 78.9 Å². The number of unbranched alkanes of at least 4 members (excludes halogenated alkanes) is 42. The Bertz CT molecular complexity index is 1210. The fraction of sp³-hybridized carbons (Fsp3) is 0.864. The van der Waals surface area contributed by atoms with E-state index in [-0.39, 0.29) is 31.1 Å². The first kappa shape index (κ1) is 69.6. The highest BCUT2D eigenvalue weighted by Crippen LogP contribution is 2.17. The van der Waals surface area contributed by atoms with Gasteiger partial charge in [-0.05, 0) is 77.0 Å². The third-order valence-corrected chi connectivity index (χ3v) is 14.4. The van der Waals surface area contributed by atoms with Crippen LogP contribution in [-0.2, 0) is 28.6 Å². The fourth-order valence-electron chi connectivity index (χ4n) is 9.53. The Hall–Kier alpha value is -2.37. The third-order valence-electron chi connectivity index (χ3n) is 14.4. The van der Waals surface area contributed by atoms with Gasteiger partial charge >= 0.3 is 17.9 Å². The summed E-state index contributed by atoms with van der Waals surface area (Å²) in [7, 11) is 0. The number of carbonyl (C=O) groups excluding carboxylic acids is 3. The first-order valence-corrected chi connectivity index (χ1v) is 32.0. The maximum Gasteiger partial charge on any atom is 0.306 e. The van der Waals surface area contributed by atoms with Gasteiger partial charge in [-0.25, -0.2) is 0 Å². The number of carbonyl (C=O) groups is 3. The zero-order valence-electron chi connectivity index (χ0n) is 48.5. The largest absolute Gasteiger partial charge is 0.462 e. The first-order valence-electron chi connectivity index (χ1n) is 32.0. The van der Waals surface area contributed by atoms with Crippen LogP contribution >= 0.6 is 0 Å². The molecule has 6 heteroatoms. The van der Waals surface area contributed by atoms with Crippen molar-refractivity contribution in [1.82, 2.24) is 0 Å². The molecule has 0 amide bonds. The summed E-state index contributed by atoms with van der Waals surface area (Å²) >= 11 is 0. The van der Waals surface area contributed by atoms with Gasteiger partial charge in [0.05, 0.1) is 0 Å². The fourth-order valence-corrected chi connectivity index (χ4v) is 9.53. The van der Waals surface area contributed by atoms with Gasteiger partial charge < -0.3 is 14.2 Å². The van der Waals surface area contributed by atoms with E-state index in [4.69, 9.17) is 14.2 Å². The minimum absolute atomic E-state index is 0.0713. The van der Waals surface area contributed by atoms with Gasteiger partial charge in [0.15, 0.2) is 6.10 Å². The van der Waals surface area contributed by atoms with Crippen LogP contribution in [0.3, 0.4) is 0 Å². The quantitative estimate of drug-likeness (QED) is 0.0261. The van der Waals surface area contributed by atoms with Crippen molar-refractivity contribution in [2.75, 3.05) is 13.2 Å². The number of rotatable bonds is 59. The van der Waals surface area contributed by atoms with Gasteiger partial charge in [0, 0.05) is 19.3 Å². The molecule has 0 spiro atoms. The summed E-state index contributed by atoms with van der Waals surface area (Å²) in [5.74, 6) is -0.858. The molecule has 0 rings (SSSR count). The van der Waals surface area contributed by atoms with E-state index in [9.17, 15) is 14.4 Å². The second-order valence-electron chi connectivity index (χ2n) is 21.7. The van der Waals surface area contributed by atoms with Crippen LogP contribution in [0.1, 0.15) is 348 Å². The lowest BCUT2D eigenvalue weighted by atomic mass is 10.0. The molecule has 0 aromatic heterocycles. The molecule has 0 saturated heterocycles. The molecule has 0 N–H and O–H groups in total. The highest BCUT2D eigenvalue weighted by atomic mass is 16.6. The van der Waals surface area contributed by atoms with Crippen LogP contribution in [0, 0.1) is 0 Å². The molecule has 0 aromatic carbocycles. The van der Waals surface area contributed by atoms with Gasteiger partial charge in [-0.3, -0.25) is 14.4 Å². The number of hydrogen-bond donors (Lipinski definition) is 0. The first-order chi connectivity index (χ1) is 35.5. The number of allylic oxidation sites excluding steroid dienone is 6. The van der Waals surface area contributed by atoms with E-state index in [1.807, 2.05) is 0 Å². The Morgan fingerprint density at radius 1 is 0.278 bits per heavy atom. The van der Waals surface area contributed by atoms with Crippen molar-refractivity contribution in [3.8, 4) is 0 Å². The molecule has 72 heavy (non-hydrogen) atoms. The molecule has 0 heterocycles. The van der Waals surface area contributed by atoms with Gasteiger partial charge in [0.25, 0.3) is 0 Å². The van der Waals surface area contributed by atoms with E-state index >= 15 is 0 Å². The molecule has 0 bridgehead atoms. The minimum atomic E-state index is -0.774. The van der Waals surface area contributed by atoms with E-state index in [2.05, 4.69) is 57.2 Å². The molecule has 1 unspecified atom stereocenters. The van der Waals surface area contributed by atoms with Crippen molar-refractivity contribution in [3.63, 3.8) is 0 Å². The summed E-state index contributed by atoms with van der Waals surface area (Å²) in [5.41, 5.74) is 0. The molecule has 6 nitrogen and oxygen atoms in total. The van der Waals surface area contributed by atoms with E-state index in [0.29, 0.717) is 19.3 Å². The molecule has 0 saturated carbocycles. The Kier molecular flexibility index (Phi) is 59.2. The standard InChI is InChI=1S/C66H122O6/c1-4-7-10-13-16-19-22-25-27-29-31-32-33-34-35-37-38-41-44-47-50-53-56-59-65(68)71-62-63(61-70-64(67)58-55-52-49-46-43-40-24-21-18-15-12-9-6-3)72-66(69)60-57-54-51-48-45-42-39-36-30-28-26-23-20-17-14-11-8-5-2/h20,23,28-31,63H,4-19,21-22,24-27,32-62H2,1-3H3/b23-20-,30-28-,31-29-. The van der Waals surface area contributed by atoms with Crippen LogP contribution in [0.2, 0.25) is 0 Å². The van der Waals surface area contributed by atoms with Crippen LogP contribution in [0.4, 0.5) is 0 Å². The van der Waals surface area contributed by atoms with Gasteiger partial charge in [0.1, 0.15) is 13.2 Å². The average molecular weight is 1010 g/mol. The molecule has 0 radical (unpaired) electrons. The lowest BCUT2D eigenvalue weighted by Gasteiger charge is -2.18. The highest BCUT2D eigenvalue weighted by Gasteiger charge is 2.19. The predicted molar refractivity (Wildman–Crippen MR) is 312 cm³/mol. The molecule has 0 aliphatic carbocycles. The summed E-state index contributed by atoms with van der Waals surface area (Å²) < 4.78 is 16.9. The van der Waals surface area contributed by atoms with Crippen LogP contribution in [0.25, 0.3) is 0 Å². The average Bonchev–Trinajstić information content (AvgIpc) is 3.38. The van der Waals surface area contributed by atoms with E-state index in [0.717, 1.165) is 70.6 Å². The molecule has 1 atom stereocenters. The van der Waals surface area contributed by atoms with Crippen LogP contribution in [0.15, 0.2) is 36.5 Å². The van der Waals surface area contributed by atoms with Crippen molar-refractivity contribution in [2.24, 2.45) is 0 Å². The second-order valence-corrected chi connectivity index (χ2v) is 21.7. The molecule has 0 aliphatic rings. The lowest BCUT2D eigenvalue weighted by Crippen LogP contribution is -2.30. The summed E-state index contributed by atoms with van der Waals surface area (Å²) in [5, 5.41) is 0. The van der Waals surface area contributed by atoms with Crippen LogP contribution in [0.5, 0.6) is 0 Å². The van der Waals surface area contributed by atoms with Gasteiger partial charge in [-0.15, -0.1) is 0 Å². The van der Waals surface area contributed by atoms with Crippen molar-refractivity contribution in [3.05, 3.63) is 36.5 Å². The summed E-state index contributed by atoms with van der Waals surface area (Å²) in [6, 6.07) is 0. The maximum atomic E-state index is 12.9. The number of ether oxygens (including phenoxy) is 3. The van der Waals surface area contributed by atoms with Crippen molar-refractivity contribution < 1.29 is 28.6 Å². The van der Waals surface area contributed by atoms with E-state index < -0.39 is 6.10 Å². The van der Waals surface area contributed by atoms with Crippen molar-refractivity contribution >= 4 is 17.9 Å². The monoisotopic (exact) mass is 1010 g/mol. The van der Waals surface area contributed by atoms with Gasteiger partial charge in [0.2, 0.25) is 0 Å². The van der Waals surface area contributed by atoms with Crippen molar-refractivity contribution in [2.45, 2.75) is 354 Å². The molecular weight excluding hydrogens is 889 g/mol. The third kappa shape index (κ3) is 58.5. The normalized spacial score (nSPS) is 12.2. The smallest absolute Gasteiger partial charge is 0.306 e. The summed E-state index contributed by atoms with van der Waals surface area (Å²) in [6.07, 6.45) is 74.3. The Morgan fingerprint density at radius 3 is 0.792 bits per heavy atom. The SMILES string of the molecule is CCCCCC/C=C\C/C=C\CCCCCCCCCC(=O)OC(COC(=O)CCCCCCCCCCCCC/C=C\CCCCCCCCCC)COC(=O)CCCCCCCCCCCCCCC.